The molecule has 2 aromatic rings. The standard InChI is InChI=1S/C14H19N5/c1-9-4-5-13(16-8-9)19-14-6-12(10(2)7-15)17-11(3)18-14/h4-6,8,10H,7,15H2,1-3H3,(H,16,17,18,19). The summed E-state index contributed by atoms with van der Waals surface area (Å²) in [6.07, 6.45) is 1.82. The molecule has 2 aromatic heterocycles. The monoisotopic (exact) mass is 257 g/mol. The van der Waals surface area contributed by atoms with Gasteiger partial charge in [-0.05, 0) is 25.5 Å². The van der Waals surface area contributed by atoms with Gasteiger partial charge in [-0.15, -0.1) is 0 Å². The molecule has 0 radical (unpaired) electrons. The molecule has 2 rings (SSSR count). The van der Waals surface area contributed by atoms with Gasteiger partial charge in [0, 0.05) is 24.7 Å². The van der Waals surface area contributed by atoms with Crippen LogP contribution in [0.2, 0.25) is 0 Å². The van der Waals surface area contributed by atoms with E-state index in [-0.39, 0.29) is 5.92 Å². The Labute approximate surface area is 113 Å². The van der Waals surface area contributed by atoms with Crippen molar-refractivity contribution in [2.75, 3.05) is 11.9 Å². The summed E-state index contributed by atoms with van der Waals surface area (Å²) in [6.45, 7) is 6.50. The summed E-state index contributed by atoms with van der Waals surface area (Å²) in [7, 11) is 0. The van der Waals surface area contributed by atoms with Crippen molar-refractivity contribution in [2.45, 2.75) is 26.7 Å². The molecule has 0 amide bonds. The van der Waals surface area contributed by atoms with E-state index in [4.69, 9.17) is 5.73 Å². The van der Waals surface area contributed by atoms with Crippen molar-refractivity contribution in [3.8, 4) is 0 Å². The summed E-state index contributed by atoms with van der Waals surface area (Å²) in [5, 5.41) is 3.19. The van der Waals surface area contributed by atoms with Crippen molar-refractivity contribution >= 4 is 11.6 Å². The largest absolute Gasteiger partial charge is 0.330 e. The molecule has 1 atom stereocenters. The highest BCUT2D eigenvalue weighted by Crippen LogP contribution is 2.18. The van der Waals surface area contributed by atoms with E-state index in [0.717, 1.165) is 28.7 Å². The quantitative estimate of drug-likeness (QED) is 0.878. The first kappa shape index (κ1) is 13.4. The van der Waals surface area contributed by atoms with Gasteiger partial charge in [0.05, 0.1) is 5.69 Å². The molecule has 1 unspecified atom stereocenters. The Morgan fingerprint density at radius 2 is 2.00 bits per heavy atom. The Bertz CT molecular complexity index is 550. The predicted octanol–water partition coefficient (Wildman–Crippen LogP) is 2.29. The van der Waals surface area contributed by atoms with Crippen LogP contribution in [0.5, 0.6) is 0 Å². The molecule has 100 valence electrons. The maximum absolute atomic E-state index is 5.68. The number of hydrogen-bond acceptors (Lipinski definition) is 5. The van der Waals surface area contributed by atoms with Crippen LogP contribution in [0.3, 0.4) is 0 Å². The number of nitrogens with zero attached hydrogens (tertiary/aromatic N) is 3. The predicted molar refractivity (Wildman–Crippen MR) is 76.5 cm³/mol. The van der Waals surface area contributed by atoms with Crippen molar-refractivity contribution in [1.82, 2.24) is 15.0 Å². The fraction of sp³-hybridized carbons (Fsp3) is 0.357. The van der Waals surface area contributed by atoms with Crippen LogP contribution in [-0.2, 0) is 0 Å². The second-order valence-electron chi connectivity index (χ2n) is 4.71. The third-order valence-corrected chi connectivity index (χ3v) is 2.88. The fourth-order valence-corrected chi connectivity index (χ4v) is 1.70. The Balaban J connectivity index is 2.24. The van der Waals surface area contributed by atoms with E-state index < -0.39 is 0 Å². The minimum absolute atomic E-state index is 0.216. The second-order valence-corrected chi connectivity index (χ2v) is 4.71. The van der Waals surface area contributed by atoms with Gasteiger partial charge in [-0.25, -0.2) is 15.0 Å². The first-order valence-electron chi connectivity index (χ1n) is 6.34. The maximum atomic E-state index is 5.68. The molecular formula is C14H19N5. The van der Waals surface area contributed by atoms with Crippen molar-refractivity contribution in [3.05, 3.63) is 41.5 Å². The third-order valence-electron chi connectivity index (χ3n) is 2.88. The number of nitrogens with one attached hydrogen (secondary N) is 1. The van der Waals surface area contributed by atoms with Crippen LogP contribution in [0, 0.1) is 13.8 Å². The van der Waals surface area contributed by atoms with E-state index in [0.29, 0.717) is 6.54 Å². The van der Waals surface area contributed by atoms with Crippen LogP contribution in [-0.4, -0.2) is 21.5 Å². The summed E-state index contributed by atoms with van der Waals surface area (Å²) in [5.74, 6) is 2.47. The average molecular weight is 257 g/mol. The van der Waals surface area contributed by atoms with E-state index in [1.54, 1.807) is 0 Å². The average Bonchev–Trinajstić information content (AvgIpc) is 2.40. The molecule has 2 heterocycles. The zero-order valence-corrected chi connectivity index (χ0v) is 11.5. The van der Waals surface area contributed by atoms with Crippen molar-refractivity contribution in [1.29, 1.82) is 0 Å². The van der Waals surface area contributed by atoms with Gasteiger partial charge < -0.3 is 11.1 Å². The molecule has 0 bridgehead atoms. The lowest BCUT2D eigenvalue weighted by molar-refractivity contribution is 0.735. The first-order valence-corrected chi connectivity index (χ1v) is 6.34. The fourth-order valence-electron chi connectivity index (χ4n) is 1.70. The normalized spacial score (nSPS) is 12.2. The second kappa shape index (κ2) is 5.75. The third kappa shape index (κ3) is 3.48. The van der Waals surface area contributed by atoms with Gasteiger partial charge in [0.15, 0.2) is 0 Å². The minimum Gasteiger partial charge on any atom is -0.330 e. The van der Waals surface area contributed by atoms with E-state index in [2.05, 4.69) is 27.2 Å². The lowest BCUT2D eigenvalue weighted by Gasteiger charge is -2.11. The number of hydrogen-bond donors (Lipinski definition) is 2. The maximum Gasteiger partial charge on any atom is 0.135 e. The molecule has 5 heteroatoms. The van der Waals surface area contributed by atoms with Crippen LogP contribution >= 0.6 is 0 Å². The molecule has 0 aromatic carbocycles. The van der Waals surface area contributed by atoms with E-state index in [1.807, 2.05) is 38.2 Å². The Morgan fingerprint density at radius 3 is 2.63 bits per heavy atom. The zero-order chi connectivity index (χ0) is 13.8. The molecule has 3 N–H and O–H groups in total. The molecule has 0 saturated carbocycles. The highest BCUT2D eigenvalue weighted by atomic mass is 15.1. The van der Waals surface area contributed by atoms with Crippen molar-refractivity contribution in [3.63, 3.8) is 0 Å². The van der Waals surface area contributed by atoms with Gasteiger partial charge >= 0.3 is 0 Å². The molecule has 0 saturated heterocycles. The Kier molecular flexibility index (Phi) is 4.06. The van der Waals surface area contributed by atoms with Crippen molar-refractivity contribution < 1.29 is 0 Å². The molecule has 5 nitrogen and oxygen atoms in total. The van der Waals surface area contributed by atoms with Gasteiger partial charge in [0.1, 0.15) is 17.5 Å². The molecule has 0 aliphatic carbocycles. The molecule has 0 spiro atoms. The Morgan fingerprint density at radius 1 is 1.21 bits per heavy atom. The van der Waals surface area contributed by atoms with Gasteiger partial charge in [0.25, 0.3) is 0 Å². The molecular weight excluding hydrogens is 238 g/mol. The number of nitrogens with two attached hydrogens (primary N) is 1. The lowest BCUT2D eigenvalue weighted by atomic mass is 10.1. The van der Waals surface area contributed by atoms with Gasteiger partial charge in [0.2, 0.25) is 0 Å². The van der Waals surface area contributed by atoms with E-state index >= 15 is 0 Å². The van der Waals surface area contributed by atoms with Crippen LogP contribution in [0.4, 0.5) is 11.6 Å². The number of aromatic nitrogens is 3. The summed E-state index contributed by atoms with van der Waals surface area (Å²) >= 11 is 0. The van der Waals surface area contributed by atoms with Crippen molar-refractivity contribution in [2.24, 2.45) is 5.73 Å². The summed E-state index contributed by atoms with van der Waals surface area (Å²) in [6, 6.07) is 5.86. The van der Waals surface area contributed by atoms with Crippen LogP contribution in [0.15, 0.2) is 24.4 Å². The smallest absolute Gasteiger partial charge is 0.135 e. The topological polar surface area (TPSA) is 76.7 Å². The number of pyridine rings is 1. The van der Waals surface area contributed by atoms with Crippen LogP contribution < -0.4 is 11.1 Å². The lowest BCUT2D eigenvalue weighted by Crippen LogP contribution is -2.12. The zero-order valence-electron chi connectivity index (χ0n) is 11.5. The molecule has 0 fully saturated rings. The molecule has 0 aliphatic rings. The summed E-state index contributed by atoms with van der Waals surface area (Å²) in [5.41, 5.74) is 7.76. The van der Waals surface area contributed by atoms with Gasteiger partial charge in [-0.1, -0.05) is 13.0 Å². The van der Waals surface area contributed by atoms with Gasteiger partial charge in [-0.3, -0.25) is 0 Å². The first-order chi connectivity index (χ1) is 9.08. The van der Waals surface area contributed by atoms with E-state index in [1.165, 1.54) is 0 Å². The molecule has 19 heavy (non-hydrogen) atoms. The number of anilines is 2. The minimum atomic E-state index is 0.216. The van der Waals surface area contributed by atoms with Crippen LogP contribution in [0.25, 0.3) is 0 Å². The highest BCUT2D eigenvalue weighted by Gasteiger charge is 2.08. The van der Waals surface area contributed by atoms with Crippen LogP contribution in [0.1, 0.15) is 29.9 Å². The Hall–Kier alpha value is -2.01. The highest BCUT2D eigenvalue weighted by molar-refractivity contribution is 5.52. The summed E-state index contributed by atoms with van der Waals surface area (Å²) < 4.78 is 0. The SMILES string of the molecule is Cc1ccc(Nc2cc(C(C)CN)nc(C)n2)nc1. The summed E-state index contributed by atoms with van der Waals surface area (Å²) in [4.78, 5) is 13.1. The van der Waals surface area contributed by atoms with E-state index in [9.17, 15) is 0 Å². The van der Waals surface area contributed by atoms with Gasteiger partial charge in [-0.2, -0.15) is 0 Å². The molecule has 0 aliphatic heterocycles. The number of rotatable bonds is 4. The number of aryl methyl sites for hydroxylation is 2.